The Morgan fingerprint density at radius 2 is 1.93 bits per heavy atom. The molecule has 3 amide bonds. The Morgan fingerprint density at radius 3 is 2.67 bits per heavy atom. The van der Waals surface area contributed by atoms with Gasteiger partial charge in [0.05, 0.1) is 25.2 Å². The number of rotatable bonds is 7. The van der Waals surface area contributed by atoms with Crippen LogP contribution in [0.1, 0.15) is 51.4 Å². The van der Waals surface area contributed by atoms with Crippen molar-refractivity contribution >= 4 is 17.6 Å². The third-order valence-electron chi connectivity index (χ3n) is 5.92. The maximum Gasteiger partial charge on any atom is 0.319 e. The first-order chi connectivity index (χ1) is 14.5. The lowest BCUT2D eigenvalue weighted by atomic mass is 9.89. The summed E-state index contributed by atoms with van der Waals surface area (Å²) in [4.78, 5) is 24.5. The Kier molecular flexibility index (Phi) is 8.45. The van der Waals surface area contributed by atoms with Gasteiger partial charge < -0.3 is 25.8 Å². The summed E-state index contributed by atoms with van der Waals surface area (Å²) in [6.07, 6.45) is 6.71. The van der Waals surface area contributed by atoms with E-state index in [0.717, 1.165) is 6.54 Å². The average Bonchev–Trinajstić information content (AvgIpc) is 2.74. The smallest absolute Gasteiger partial charge is 0.319 e. The first-order valence-electron chi connectivity index (χ1n) is 10.9. The molecule has 166 valence electrons. The van der Waals surface area contributed by atoms with E-state index < -0.39 is 18.0 Å². The quantitative estimate of drug-likeness (QED) is 0.544. The Hall–Kier alpha value is -2.19. The fraction of sp³-hybridized carbons (Fsp3) is 0.636. The summed E-state index contributed by atoms with van der Waals surface area (Å²) in [5.41, 5.74) is 0.345. The molecule has 0 bridgehead atoms. The highest BCUT2D eigenvalue weighted by Crippen LogP contribution is 2.24. The third-order valence-corrected chi connectivity index (χ3v) is 5.92. The van der Waals surface area contributed by atoms with Gasteiger partial charge in [-0.3, -0.25) is 4.79 Å². The van der Waals surface area contributed by atoms with Crippen LogP contribution < -0.4 is 16.0 Å². The number of carbonyl (C=O) groups is 2. The van der Waals surface area contributed by atoms with Crippen molar-refractivity contribution in [2.45, 2.75) is 69.6 Å². The molecule has 1 aromatic carbocycles. The van der Waals surface area contributed by atoms with E-state index >= 15 is 0 Å². The minimum Gasteiger partial charge on any atom is -0.394 e. The lowest BCUT2D eigenvalue weighted by Gasteiger charge is -2.36. The van der Waals surface area contributed by atoms with Crippen LogP contribution in [0.25, 0.3) is 0 Å². The zero-order valence-electron chi connectivity index (χ0n) is 17.2. The summed E-state index contributed by atoms with van der Waals surface area (Å²) in [6, 6.07) is 4.75. The molecule has 7 nitrogen and oxygen atoms in total. The Labute approximate surface area is 176 Å². The van der Waals surface area contributed by atoms with Gasteiger partial charge in [-0.15, -0.1) is 0 Å². The van der Waals surface area contributed by atoms with E-state index in [2.05, 4.69) is 16.0 Å². The van der Waals surface area contributed by atoms with Crippen molar-refractivity contribution in [1.29, 1.82) is 0 Å². The number of ether oxygens (including phenoxy) is 1. The van der Waals surface area contributed by atoms with E-state index in [0.29, 0.717) is 24.4 Å². The largest absolute Gasteiger partial charge is 0.394 e. The monoisotopic (exact) mass is 421 g/mol. The average molecular weight is 422 g/mol. The number of carbonyl (C=O) groups excluding carboxylic acids is 2. The second kappa shape index (κ2) is 11.3. The minimum absolute atomic E-state index is 0.0301. The molecular weight excluding hydrogens is 389 g/mol. The van der Waals surface area contributed by atoms with Crippen LogP contribution in [0.15, 0.2) is 24.3 Å². The van der Waals surface area contributed by atoms with Crippen LogP contribution in [-0.2, 0) is 9.53 Å². The molecule has 4 N–H and O–H groups in total. The van der Waals surface area contributed by atoms with Gasteiger partial charge >= 0.3 is 6.03 Å². The highest BCUT2D eigenvalue weighted by atomic mass is 19.1. The lowest BCUT2D eigenvalue weighted by Crippen LogP contribution is -2.52. The maximum atomic E-state index is 13.2. The van der Waals surface area contributed by atoms with Crippen molar-refractivity contribution < 1.29 is 23.8 Å². The van der Waals surface area contributed by atoms with Gasteiger partial charge in [0.25, 0.3) is 0 Å². The number of benzene rings is 1. The lowest BCUT2D eigenvalue weighted by molar-refractivity contribution is -0.131. The number of nitrogens with one attached hydrogen (secondary N) is 3. The van der Waals surface area contributed by atoms with E-state index in [4.69, 9.17) is 4.74 Å². The first-order valence-corrected chi connectivity index (χ1v) is 10.9. The van der Waals surface area contributed by atoms with E-state index in [1.165, 1.54) is 50.3 Å². The molecule has 0 radical (unpaired) electrons. The molecule has 3 rings (SSSR count). The zero-order chi connectivity index (χ0) is 21.3. The van der Waals surface area contributed by atoms with Crippen LogP contribution in [-0.4, -0.2) is 48.4 Å². The zero-order valence-corrected chi connectivity index (χ0v) is 17.2. The van der Waals surface area contributed by atoms with Gasteiger partial charge in [-0.25, -0.2) is 9.18 Å². The van der Waals surface area contributed by atoms with Crippen LogP contribution in [0.4, 0.5) is 14.9 Å². The summed E-state index contributed by atoms with van der Waals surface area (Å²) in [6.45, 7) is 0.463. The predicted molar refractivity (Wildman–Crippen MR) is 112 cm³/mol. The molecule has 1 aliphatic carbocycles. The Bertz CT molecular complexity index is 711. The number of hydrogen-bond donors (Lipinski definition) is 4. The third kappa shape index (κ3) is 6.95. The molecule has 1 heterocycles. The number of aliphatic hydroxyl groups is 1. The Balaban J connectivity index is 1.41. The molecule has 8 heteroatoms. The molecular formula is C22H32FN3O4. The summed E-state index contributed by atoms with van der Waals surface area (Å²) >= 11 is 0. The molecule has 1 aromatic rings. The maximum absolute atomic E-state index is 13.2. The highest BCUT2D eigenvalue weighted by molar-refractivity contribution is 5.89. The number of anilines is 1. The minimum atomic E-state index is -0.590. The van der Waals surface area contributed by atoms with E-state index in [1.54, 1.807) is 6.07 Å². The second-order valence-corrected chi connectivity index (χ2v) is 8.28. The Morgan fingerprint density at radius 1 is 1.13 bits per heavy atom. The van der Waals surface area contributed by atoms with Gasteiger partial charge in [0.2, 0.25) is 5.91 Å². The van der Waals surface area contributed by atoms with Gasteiger partial charge in [0.1, 0.15) is 11.9 Å². The predicted octanol–water partition coefficient (Wildman–Crippen LogP) is 2.94. The van der Waals surface area contributed by atoms with Crippen LogP contribution in [0.5, 0.6) is 0 Å². The first kappa shape index (κ1) is 22.5. The van der Waals surface area contributed by atoms with Crippen molar-refractivity contribution in [3.05, 3.63) is 30.1 Å². The van der Waals surface area contributed by atoms with Crippen LogP contribution in [0.3, 0.4) is 0 Å². The van der Waals surface area contributed by atoms with Crippen molar-refractivity contribution in [1.82, 2.24) is 10.6 Å². The fourth-order valence-electron chi connectivity index (χ4n) is 4.28. The van der Waals surface area contributed by atoms with Crippen LogP contribution in [0.2, 0.25) is 0 Å². The van der Waals surface area contributed by atoms with Crippen molar-refractivity contribution in [3.8, 4) is 0 Å². The molecule has 2 aliphatic rings. The van der Waals surface area contributed by atoms with Crippen LogP contribution in [0, 0.1) is 11.7 Å². The van der Waals surface area contributed by atoms with Gasteiger partial charge in [-0.05, 0) is 49.8 Å². The van der Waals surface area contributed by atoms with Gasteiger partial charge in [0, 0.05) is 12.2 Å². The molecule has 1 saturated carbocycles. The van der Waals surface area contributed by atoms with Crippen LogP contribution >= 0.6 is 0 Å². The van der Waals surface area contributed by atoms with E-state index in [1.807, 2.05) is 0 Å². The standard InChI is InChI=1S/C22H32FN3O4/c23-16-7-4-8-17(11-16)25-22(29)26-19-10-9-18(30-20(19)14-27)12-21(28)24-13-15-5-2-1-3-6-15/h4,7-8,11,15,18-20,27H,1-3,5-6,9-10,12-14H2,(H,24,28)(H2,25,26,29)/t18-,19+,20+/m0/s1. The molecule has 3 atom stereocenters. The number of urea groups is 1. The number of hydrogen-bond acceptors (Lipinski definition) is 4. The number of aliphatic hydroxyl groups excluding tert-OH is 1. The SMILES string of the molecule is O=C(C[C@@H]1CC[C@@H](NC(=O)Nc2cccc(F)c2)[C@@H](CO)O1)NCC1CCCCC1. The van der Waals surface area contributed by atoms with E-state index in [9.17, 15) is 19.1 Å². The van der Waals surface area contributed by atoms with E-state index in [-0.39, 0.29) is 31.1 Å². The molecule has 30 heavy (non-hydrogen) atoms. The molecule has 2 fully saturated rings. The molecule has 0 spiro atoms. The topological polar surface area (TPSA) is 99.7 Å². The number of halogens is 1. The van der Waals surface area contributed by atoms with Crippen molar-refractivity contribution in [2.75, 3.05) is 18.5 Å². The molecule has 0 unspecified atom stereocenters. The van der Waals surface area contributed by atoms with Gasteiger partial charge in [0.15, 0.2) is 0 Å². The van der Waals surface area contributed by atoms with Crippen molar-refractivity contribution in [3.63, 3.8) is 0 Å². The summed E-state index contributed by atoms with van der Waals surface area (Å²) in [5.74, 6) is 0.106. The summed E-state index contributed by atoms with van der Waals surface area (Å²) in [7, 11) is 0. The summed E-state index contributed by atoms with van der Waals surface area (Å²) < 4.78 is 19.1. The molecule has 0 aromatic heterocycles. The number of amides is 3. The highest BCUT2D eigenvalue weighted by Gasteiger charge is 2.33. The fourth-order valence-corrected chi connectivity index (χ4v) is 4.28. The normalized spacial score (nSPS) is 24.8. The molecule has 1 aliphatic heterocycles. The summed E-state index contributed by atoms with van der Waals surface area (Å²) in [5, 5.41) is 18.0. The molecule has 1 saturated heterocycles. The van der Waals surface area contributed by atoms with Gasteiger partial charge in [-0.2, -0.15) is 0 Å². The second-order valence-electron chi connectivity index (χ2n) is 8.28. The van der Waals surface area contributed by atoms with Gasteiger partial charge in [-0.1, -0.05) is 25.3 Å². The van der Waals surface area contributed by atoms with Crippen molar-refractivity contribution in [2.24, 2.45) is 5.92 Å².